The van der Waals surface area contributed by atoms with Crippen LogP contribution in [0.25, 0.3) is 0 Å². The molecule has 1 aromatic heterocycles. The van der Waals surface area contributed by atoms with Crippen LogP contribution in [-0.2, 0) is 13.1 Å². The van der Waals surface area contributed by atoms with Crippen molar-refractivity contribution in [3.05, 3.63) is 59.4 Å². The van der Waals surface area contributed by atoms with E-state index in [1.54, 1.807) is 0 Å². The fourth-order valence-electron chi connectivity index (χ4n) is 2.20. The molecule has 4 heteroatoms. The molecule has 1 aliphatic rings. The minimum Gasteiger partial charge on any atom is -0.346 e. The van der Waals surface area contributed by atoms with Gasteiger partial charge in [0.1, 0.15) is 11.6 Å². The van der Waals surface area contributed by atoms with E-state index in [1.807, 2.05) is 22.9 Å². The van der Waals surface area contributed by atoms with Gasteiger partial charge in [-0.2, -0.15) is 0 Å². The quantitative estimate of drug-likeness (QED) is 0.876. The van der Waals surface area contributed by atoms with Gasteiger partial charge in [0.05, 0.1) is 0 Å². The van der Waals surface area contributed by atoms with Gasteiger partial charge in [0, 0.05) is 37.1 Å². The topological polar surface area (TPSA) is 17.0 Å². The van der Waals surface area contributed by atoms with Crippen molar-refractivity contribution in [2.45, 2.75) is 32.0 Å². The lowest BCUT2D eigenvalue weighted by Gasteiger charge is -2.10. The number of hydrogen-bond acceptors (Lipinski definition) is 1. The molecule has 0 unspecified atom stereocenters. The van der Waals surface area contributed by atoms with Crippen LogP contribution in [0.2, 0.25) is 0 Å². The summed E-state index contributed by atoms with van der Waals surface area (Å²) in [6.45, 7) is 1.29. The second kappa shape index (κ2) is 5.13. The van der Waals surface area contributed by atoms with Crippen molar-refractivity contribution in [3.63, 3.8) is 0 Å². The van der Waals surface area contributed by atoms with E-state index in [2.05, 4.69) is 5.32 Å². The number of nitrogens with zero attached hydrogens (tertiary/aromatic N) is 1. The molecule has 0 atom stereocenters. The summed E-state index contributed by atoms with van der Waals surface area (Å²) in [7, 11) is 0. The summed E-state index contributed by atoms with van der Waals surface area (Å²) in [5.74, 6) is -1.06. The smallest absolute Gasteiger partial charge is 0.126 e. The van der Waals surface area contributed by atoms with E-state index < -0.39 is 11.6 Å². The summed E-state index contributed by atoms with van der Waals surface area (Å²) in [4.78, 5) is 0. The molecular weight excluding hydrogens is 246 g/mol. The standard InChI is InChI=1S/C15H16F2N2/c16-12-6-11(7-13(17)8-12)10-19-5-1-2-15(19)9-18-14-3-4-14/h1-2,5-8,14,18H,3-4,9-10H2. The zero-order valence-corrected chi connectivity index (χ0v) is 10.6. The molecule has 1 aromatic carbocycles. The average molecular weight is 262 g/mol. The monoisotopic (exact) mass is 262 g/mol. The van der Waals surface area contributed by atoms with E-state index in [-0.39, 0.29) is 0 Å². The van der Waals surface area contributed by atoms with Crippen molar-refractivity contribution in [1.82, 2.24) is 9.88 Å². The van der Waals surface area contributed by atoms with Crippen LogP contribution in [0.15, 0.2) is 36.5 Å². The van der Waals surface area contributed by atoms with Crippen LogP contribution in [0.5, 0.6) is 0 Å². The maximum Gasteiger partial charge on any atom is 0.126 e. The molecule has 1 fully saturated rings. The van der Waals surface area contributed by atoms with E-state index in [9.17, 15) is 8.78 Å². The summed E-state index contributed by atoms with van der Waals surface area (Å²) in [5, 5.41) is 3.44. The number of benzene rings is 1. The molecule has 100 valence electrons. The lowest BCUT2D eigenvalue weighted by Crippen LogP contribution is -2.18. The summed E-state index contributed by atoms with van der Waals surface area (Å²) in [6, 6.07) is 8.29. The molecule has 0 amide bonds. The molecule has 1 aliphatic carbocycles. The average Bonchev–Trinajstić information content (AvgIpc) is 3.07. The Morgan fingerprint density at radius 1 is 1.16 bits per heavy atom. The lowest BCUT2D eigenvalue weighted by atomic mass is 10.2. The van der Waals surface area contributed by atoms with E-state index in [0.717, 1.165) is 18.3 Å². The Morgan fingerprint density at radius 3 is 2.58 bits per heavy atom. The highest BCUT2D eigenvalue weighted by molar-refractivity contribution is 5.20. The van der Waals surface area contributed by atoms with Crippen molar-refractivity contribution < 1.29 is 8.78 Å². The number of hydrogen-bond donors (Lipinski definition) is 1. The predicted octanol–water partition coefficient (Wildman–Crippen LogP) is 3.07. The Hall–Kier alpha value is -1.68. The van der Waals surface area contributed by atoms with Crippen LogP contribution >= 0.6 is 0 Å². The summed E-state index contributed by atoms with van der Waals surface area (Å²) in [6.07, 6.45) is 4.43. The Labute approximate surface area is 111 Å². The number of nitrogens with one attached hydrogen (secondary N) is 1. The first kappa shape index (κ1) is 12.4. The van der Waals surface area contributed by atoms with E-state index >= 15 is 0 Å². The lowest BCUT2D eigenvalue weighted by molar-refractivity contribution is 0.575. The predicted molar refractivity (Wildman–Crippen MR) is 69.8 cm³/mol. The van der Waals surface area contributed by atoms with Gasteiger partial charge in [0.15, 0.2) is 0 Å². The first-order valence-electron chi connectivity index (χ1n) is 6.53. The van der Waals surface area contributed by atoms with Gasteiger partial charge in [0.2, 0.25) is 0 Å². The molecule has 1 heterocycles. The third-order valence-corrected chi connectivity index (χ3v) is 3.35. The van der Waals surface area contributed by atoms with Crippen molar-refractivity contribution in [2.24, 2.45) is 0 Å². The van der Waals surface area contributed by atoms with Gasteiger partial charge in [-0.05, 0) is 42.7 Å². The minimum absolute atomic E-state index is 0.489. The normalized spacial score (nSPS) is 14.8. The second-order valence-corrected chi connectivity index (χ2v) is 5.06. The fraction of sp³-hybridized carbons (Fsp3) is 0.333. The number of halogens is 2. The highest BCUT2D eigenvalue weighted by Gasteiger charge is 2.20. The van der Waals surface area contributed by atoms with Crippen LogP contribution in [0.1, 0.15) is 24.1 Å². The Kier molecular flexibility index (Phi) is 3.34. The van der Waals surface area contributed by atoms with Crippen LogP contribution < -0.4 is 5.32 Å². The number of rotatable bonds is 5. The molecule has 0 aliphatic heterocycles. The van der Waals surface area contributed by atoms with Crippen LogP contribution in [-0.4, -0.2) is 10.6 Å². The molecular formula is C15H16F2N2. The Morgan fingerprint density at radius 2 is 1.89 bits per heavy atom. The molecule has 1 N–H and O–H groups in total. The molecule has 0 bridgehead atoms. The summed E-state index contributed by atoms with van der Waals surface area (Å²) >= 11 is 0. The van der Waals surface area contributed by atoms with Gasteiger partial charge in [-0.3, -0.25) is 0 Å². The van der Waals surface area contributed by atoms with Crippen molar-refractivity contribution in [3.8, 4) is 0 Å². The Balaban J connectivity index is 1.72. The zero-order chi connectivity index (χ0) is 13.2. The highest BCUT2D eigenvalue weighted by Crippen LogP contribution is 2.19. The molecule has 2 nitrogen and oxygen atoms in total. The summed E-state index contributed by atoms with van der Waals surface area (Å²) < 4.78 is 28.3. The third-order valence-electron chi connectivity index (χ3n) is 3.35. The number of aromatic nitrogens is 1. The second-order valence-electron chi connectivity index (χ2n) is 5.06. The van der Waals surface area contributed by atoms with Crippen molar-refractivity contribution >= 4 is 0 Å². The van der Waals surface area contributed by atoms with E-state index in [0.29, 0.717) is 18.2 Å². The van der Waals surface area contributed by atoms with Crippen LogP contribution in [0, 0.1) is 11.6 Å². The van der Waals surface area contributed by atoms with E-state index in [1.165, 1.54) is 25.0 Å². The van der Waals surface area contributed by atoms with Gasteiger partial charge in [0.25, 0.3) is 0 Å². The van der Waals surface area contributed by atoms with Crippen LogP contribution in [0.3, 0.4) is 0 Å². The Bertz CT molecular complexity index is 553. The first-order valence-corrected chi connectivity index (χ1v) is 6.53. The maximum atomic E-state index is 13.2. The molecule has 0 spiro atoms. The van der Waals surface area contributed by atoms with Crippen LogP contribution in [0.4, 0.5) is 8.78 Å². The first-order chi connectivity index (χ1) is 9.20. The minimum atomic E-state index is -0.528. The van der Waals surface area contributed by atoms with Gasteiger partial charge in [-0.1, -0.05) is 0 Å². The molecule has 3 rings (SSSR count). The third kappa shape index (κ3) is 3.20. The molecule has 1 saturated carbocycles. The van der Waals surface area contributed by atoms with Gasteiger partial charge >= 0.3 is 0 Å². The van der Waals surface area contributed by atoms with E-state index in [4.69, 9.17) is 0 Å². The largest absolute Gasteiger partial charge is 0.346 e. The van der Waals surface area contributed by atoms with Crippen molar-refractivity contribution in [1.29, 1.82) is 0 Å². The van der Waals surface area contributed by atoms with Gasteiger partial charge < -0.3 is 9.88 Å². The zero-order valence-electron chi connectivity index (χ0n) is 10.6. The van der Waals surface area contributed by atoms with Crippen molar-refractivity contribution in [2.75, 3.05) is 0 Å². The SMILES string of the molecule is Fc1cc(F)cc(Cn2cccc2CNC2CC2)c1. The fourth-order valence-corrected chi connectivity index (χ4v) is 2.20. The molecule has 0 saturated heterocycles. The summed E-state index contributed by atoms with van der Waals surface area (Å²) in [5.41, 5.74) is 1.78. The molecule has 2 aromatic rings. The van der Waals surface area contributed by atoms with Gasteiger partial charge in [-0.25, -0.2) is 8.78 Å². The highest BCUT2D eigenvalue weighted by atomic mass is 19.1. The molecule has 0 radical (unpaired) electrons. The molecule has 19 heavy (non-hydrogen) atoms. The maximum absolute atomic E-state index is 13.2. The van der Waals surface area contributed by atoms with Gasteiger partial charge in [-0.15, -0.1) is 0 Å².